The van der Waals surface area contributed by atoms with Crippen LogP contribution in [0.25, 0.3) is 0 Å². The van der Waals surface area contributed by atoms with E-state index in [1.165, 1.54) is 6.07 Å². The number of halogens is 2. The van der Waals surface area contributed by atoms with Crippen molar-refractivity contribution in [2.45, 2.75) is 26.2 Å². The van der Waals surface area contributed by atoms with Crippen molar-refractivity contribution in [1.29, 1.82) is 0 Å². The Kier molecular flexibility index (Phi) is 8.69. The van der Waals surface area contributed by atoms with E-state index in [0.29, 0.717) is 31.4 Å². The zero-order valence-corrected chi connectivity index (χ0v) is 22.1. The highest BCUT2D eigenvalue weighted by Crippen LogP contribution is 2.42. The van der Waals surface area contributed by atoms with Gasteiger partial charge in [-0.05, 0) is 67.6 Å². The number of hydrogen-bond donors (Lipinski definition) is 2. The second kappa shape index (κ2) is 11.5. The smallest absolute Gasteiger partial charge is 0.341 e. The molecule has 0 spiro atoms. The fraction of sp³-hybridized carbons (Fsp3) is 0.192. The van der Waals surface area contributed by atoms with Crippen molar-refractivity contribution in [3.63, 3.8) is 0 Å². The maximum Gasteiger partial charge on any atom is 0.341 e. The van der Waals surface area contributed by atoms with Gasteiger partial charge in [-0.1, -0.05) is 44.2 Å². The van der Waals surface area contributed by atoms with Crippen LogP contribution in [0.4, 0.5) is 0 Å². The molecule has 0 atom stereocenters. The second-order valence-electron chi connectivity index (χ2n) is 7.98. The Labute approximate surface area is 219 Å². The van der Waals surface area contributed by atoms with Crippen LogP contribution in [0, 0.1) is 0 Å². The molecule has 0 aliphatic heterocycles. The molecule has 0 saturated heterocycles. The minimum Gasteiger partial charge on any atom is -0.482 e. The van der Waals surface area contributed by atoms with Crippen LogP contribution in [0.3, 0.4) is 0 Å². The molecule has 0 aliphatic rings. The van der Waals surface area contributed by atoms with E-state index in [-0.39, 0.29) is 35.2 Å². The average Bonchev–Trinajstić information content (AvgIpc) is 2.79. The van der Waals surface area contributed by atoms with Gasteiger partial charge in [0.1, 0.15) is 11.5 Å². The van der Waals surface area contributed by atoms with Gasteiger partial charge in [-0.3, -0.25) is 9.59 Å². The van der Waals surface area contributed by atoms with Gasteiger partial charge in [0, 0.05) is 11.1 Å². The normalized spacial score (nSPS) is 10.8. The summed E-state index contributed by atoms with van der Waals surface area (Å²) in [5.41, 5.74) is 1.84. The Hall–Kier alpha value is -3.17. The van der Waals surface area contributed by atoms with Gasteiger partial charge in [0.05, 0.1) is 20.9 Å². The van der Waals surface area contributed by atoms with Gasteiger partial charge in [0.25, 0.3) is 0 Å². The van der Waals surface area contributed by atoms with Gasteiger partial charge in [0.2, 0.25) is 0 Å². The first kappa shape index (κ1) is 26.4. The maximum absolute atomic E-state index is 13.4. The summed E-state index contributed by atoms with van der Waals surface area (Å²) in [6.07, 6.45) is -0.164. The lowest BCUT2D eigenvalue weighted by Crippen LogP contribution is -2.12. The van der Waals surface area contributed by atoms with Gasteiger partial charge in [-0.2, -0.15) is 0 Å². The van der Waals surface area contributed by atoms with E-state index in [9.17, 15) is 14.4 Å². The van der Waals surface area contributed by atoms with Crippen molar-refractivity contribution in [3.8, 4) is 17.2 Å². The molecule has 0 heterocycles. The number of benzene rings is 3. The van der Waals surface area contributed by atoms with Crippen molar-refractivity contribution >= 4 is 49.6 Å². The number of carbonyl (C=O) groups is 3. The van der Waals surface area contributed by atoms with E-state index in [1.54, 1.807) is 48.5 Å². The first-order valence-electron chi connectivity index (χ1n) is 10.6. The molecule has 0 fully saturated rings. The van der Waals surface area contributed by atoms with Crippen LogP contribution in [-0.2, 0) is 16.0 Å². The molecule has 9 heteroatoms. The van der Waals surface area contributed by atoms with Crippen LogP contribution in [0.5, 0.6) is 17.2 Å². The summed E-state index contributed by atoms with van der Waals surface area (Å²) in [6.45, 7) is 3.27. The topological polar surface area (TPSA) is 110 Å². The molecule has 3 aromatic rings. The minimum atomic E-state index is -1.13. The van der Waals surface area contributed by atoms with Crippen molar-refractivity contribution in [3.05, 3.63) is 85.8 Å². The number of ether oxygens (including phenoxy) is 2. The zero-order chi connectivity index (χ0) is 25.7. The molecule has 0 radical (unpaired) electrons. The monoisotopic (exact) mass is 604 g/mol. The molecule has 0 bridgehead atoms. The van der Waals surface area contributed by atoms with Gasteiger partial charge in [-0.15, -0.1) is 0 Å². The lowest BCUT2D eigenvalue weighted by molar-refractivity contribution is -0.139. The van der Waals surface area contributed by atoms with E-state index in [1.807, 2.05) is 13.8 Å². The van der Waals surface area contributed by atoms with Crippen LogP contribution >= 0.6 is 31.9 Å². The van der Waals surface area contributed by atoms with Gasteiger partial charge in [0.15, 0.2) is 18.1 Å². The molecule has 0 unspecified atom stereocenters. The summed E-state index contributed by atoms with van der Waals surface area (Å²) in [7, 11) is 0. The van der Waals surface area contributed by atoms with Crippen molar-refractivity contribution in [2.75, 3.05) is 6.61 Å². The third kappa shape index (κ3) is 6.70. The van der Waals surface area contributed by atoms with Gasteiger partial charge < -0.3 is 19.7 Å². The van der Waals surface area contributed by atoms with E-state index >= 15 is 0 Å². The molecule has 0 amide bonds. The predicted octanol–water partition coefficient (Wildman–Crippen LogP) is 6.45. The number of carboxylic acids is 2. The van der Waals surface area contributed by atoms with Crippen LogP contribution in [0.15, 0.2) is 63.5 Å². The average molecular weight is 606 g/mol. The molecule has 2 N–H and O–H groups in total. The number of aliphatic carboxylic acids is 2. The van der Waals surface area contributed by atoms with E-state index in [2.05, 4.69) is 31.9 Å². The SMILES string of the molecule is CC(C)c1cc(Oc2c(Br)cc(CC(=O)O)cc2Br)c(C(=O)c2ccccc2)cc1OCC(=O)O. The van der Waals surface area contributed by atoms with Gasteiger partial charge in [-0.25, -0.2) is 4.79 Å². The van der Waals surface area contributed by atoms with Crippen molar-refractivity contribution in [1.82, 2.24) is 0 Å². The highest BCUT2D eigenvalue weighted by atomic mass is 79.9. The number of carboxylic acid groups (broad SMARTS) is 2. The third-order valence-electron chi connectivity index (χ3n) is 4.99. The van der Waals surface area contributed by atoms with Gasteiger partial charge >= 0.3 is 11.9 Å². The third-order valence-corrected chi connectivity index (χ3v) is 6.17. The number of carbonyl (C=O) groups excluding carboxylic acids is 1. The van der Waals surface area contributed by atoms with E-state index in [4.69, 9.17) is 19.7 Å². The van der Waals surface area contributed by atoms with Crippen molar-refractivity contribution in [2.24, 2.45) is 0 Å². The maximum atomic E-state index is 13.4. The largest absolute Gasteiger partial charge is 0.482 e. The first-order valence-corrected chi connectivity index (χ1v) is 12.1. The molecule has 0 saturated carbocycles. The number of hydrogen-bond acceptors (Lipinski definition) is 5. The summed E-state index contributed by atoms with van der Waals surface area (Å²) in [4.78, 5) is 35.6. The summed E-state index contributed by atoms with van der Waals surface area (Å²) in [6, 6.07) is 15.1. The minimum absolute atomic E-state index is 0.0631. The van der Waals surface area contributed by atoms with Crippen LogP contribution in [-0.4, -0.2) is 34.5 Å². The Morgan fingerprint density at radius 2 is 1.51 bits per heavy atom. The van der Waals surface area contributed by atoms with Crippen LogP contribution in [0.2, 0.25) is 0 Å². The summed E-state index contributed by atoms with van der Waals surface area (Å²) in [5, 5.41) is 18.2. The zero-order valence-electron chi connectivity index (χ0n) is 18.9. The Bertz CT molecular complexity index is 1250. The van der Waals surface area contributed by atoms with Crippen LogP contribution in [0.1, 0.15) is 46.8 Å². The standard InChI is InChI=1S/C26H22Br2O7/c1-14(2)17-11-22(35-26-19(27)8-15(9-20(26)28)10-23(29)30)18(12-21(17)34-13-24(31)32)25(33)16-6-4-3-5-7-16/h3-9,11-12,14H,10,13H2,1-2H3,(H,29,30)(H,31,32). The van der Waals surface area contributed by atoms with Crippen LogP contribution < -0.4 is 9.47 Å². The van der Waals surface area contributed by atoms with E-state index < -0.39 is 18.5 Å². The lowest BCUT2D eigenvalue weighted by atomic mass is 9.95. The molecular formula is C26H22Br2O7. The molecule has 3 aromatic carbocycles. The molecular weight excluding hydrogens is 584 g/mol. The predicted molar refractivity (Wildman–Crippen MR) is 137 cm³/mol. The molecule has 0 aromatic heterocycles. The number of rotatable bonds is 10. The highest BCUT2D eigenvalue weighted by Gasteiger charge is 2.23. The molecule has 3 rings (SSSR count). The quantitative estimate of drug-likeness (QED) is 0.256. The Morgan fingerprint density at radius 1 is 0.886 bits per heavy atom. The fourth-order valence-corrected chi connectivity index (χ4v) is 4.84. The molecule has 7 nitrogen and oxygen atoms in total. The Balaban J connectivity index is 2.15. The molecule has 0 aliphatic carbocycles. The van der Waals surface area contributed by atoms with E-state index in [0.717, 1.165) is 0 Å². The molecule has 182 valence electrons. The summed E-state index contributed by atoms with van der Waals surface area (Å²) < 4.78 is 12.7. The first-order chi connectivity index (χ1) is 16.6. The summed E-state index contributed by atoms with van der Waals surface area (Å²) >= 11 is 6.86. The highest BCUT2D eigenvalue weighted by molar-refractivity contribution is 9.11. The number of ketones is 1. The van der Waals surface area contributed by atoms with Crippen molar-refractivity contribution < 1.29 is 34.1 Å². The lowest BCUT2D eigenvalue weighted by Gasteiger charge is -2.19. The fourth-order valence-electron chi connectivity index (χ4n) is 3.39. The summed E-state index contributed by atoms with van der Waals surface area (Å²) in [5.74, 6) is -1.61. The Morgan fingerprint density at radius 3 is 2.06 bits per heavy atom. The second-order valence-corrected chi connectivity index (χ2v) is 9.69. The molecule has 35 heavy (non-hydrogen) atoms.